The number of benzene rings is 1. The summed E-state index contributed by atoms with van der Waals surface area (Å²) in [6.45, 7) is 0. The monoisotopic (exact) mass is 516 g/mol. The summed E-state index contributed by atoms with van der Waals surface area (Å²) in [5, 5.41) is 2.68. The molecule has 3 aromatic heterocycles. The fourth-order valence-corrected chi connectivity index (χ4v) is 6.30. The minimum Gasteiger partial charge on any atom is -0.404 e. The molecule has 11 heteroatoms. The molecule has 0 atom stereocenters. The van der Waals surface area contributed by atoms with Crippen molar-refractivity contribution < 1.29 is 26.3 Å². The minimum atomic E-state index is -4.77. The molecule has 1 aliphatic rings. The van der Waals surface area contributed by atoms with Crippen LogP contribution in [0.2, 0.25) is 0 Å². The number of rotatable bonds is 6. The molecule has 1 aromatic carbocycles. The first-order valence-electron chi connectivity index (χ1n) is 11.4. The maximum absolute atomic E-state index is 13.2. The van der Waals surface area contributed by atoms with Crippen LogP contribution in [0.1, 0.15) is 25.7 Å². The Bertz CT molecular complexity index is 1440. The van der Waals surface area contributed by atoms with Gasteiger partial charge in [0.1, 0.15) is 17.2 Å². The van der Waals surface area contributed by atoms with E-state index in [0.717, 1.165) is 23.0 Å². The lowest BCUT2D eigenvalue weighted by Gasteiger charge is -2.29. The Balaban J connectivity index is 1.19. The van der Waals surface area contributed by atoms with E-state index >= 15 is 0 Å². The molecule has 4 aromatic rings. The third-order valence-corrected chi connectivity index (χ3v) is 8.62. The van der Waals surface area contributed by atoms with Crippen molar-refractivity contribution in [3.63, 3.8) is 0 Å². The molecule has 36 heavy (non-hydrogen) atoms. The number of aromatic nitrogens is 3. The van der Waals surface area contributed by atoms with Crippen molar-refractivity contribution in [1.82, 2.24) is 14.4 Å². The summed E-state index contributed by atoms with van der Waals surface area (Å²) in [7, 11) is -3.49. The van der Waals surface area contributed by atoms with Crippen molar-refractivity contribution in [2.24, 2.45) is 0 Å². The number of hydrogen-bond donors (Lipinski definition) is 1. The van der Waals surface area contributed by atoms with Gasteiger partial charge in [-0.2, -0.15) is 0 Å². The Morgan fingerprint density at radius 3 is 2.31 bits per heavy atom. The van der Waals surface area contributed by atoms with E-state index in [4.69, 9.17) is 0 Å². The van der Waals surface area contributed by atoms with Gasteiger partial charge in [-0.15, -0.1) is 13.2 Å². The quantitative estimate of drug-likeness (QED) is 0.365. The highest BCUT2D eigenvalue weighted by molar-refractivity contribution is 7.92. The van der Waals surface area contributed by atoms with Crippen LogP contribution in [0.5, 0.6) is 5.75 Å². The first kappa shape index (κ1) is 24.1. The molecule has 0 aliphatic heterocycles. The van der Waals surface area contributed by atoms with E-state index in [1.165, 1.54) is 12.1 Å². The molecule has 1 saturated carbocycles. The third kappa shape index (κ3) is 5.30. The van der Waals surface area contributed by atoms with E-state index in [0.29, 0.717) is 36.4 Å². The fraction of sp³-hybridized carbons (Fsp3) is 0.280. The van der Waals surface area contributed by atoms with Crippen LogP contribution in [0.15, 0.2) is 78.2 Å². The average molecular weight is 517 g/mol. The average Bonchev–Trinajstić information content (AvgIpc) is 3.33. The predicted molar refractivity (Wildman–Crippen MR) is 128 cm³/mol. The highest BCUT2D eigenvalue weighted by Gasteiger charge is 2.33. The molecule has 188 valence electrons. The Hall–Kier alpha value is -3.60. The Morgan fingerprint density at radius 2 is 1.64 bits per heavy atom. The van der Waals surface area contributed by atoms with Gasteiger partial charge in [0.25, 0.3) is 0 Å². The summed E-state index contributed by atoms with van der Waals surface area (Å²) in [4.78, 5) is 8.49. The van der Waals surface area contributed by atoms with Crippen molar-refractivity contribution in [3.05, 3.63) is 73.3 Å². The SMILES string of the molecule is O=S(=O)(c1ccc(-c2ccc3nccn3c2)cc1)C1CCC(Nc2ccc(OC(F)(F)F)cn2)CC1. The van der Waals surface area contributed by atoms with Gasteiger partial charge in [-0.1, -0.05) is 12.1 Å². The molecule has 0 amide bonds. The molecule has 1 aliphatic carbocycles. The maximum atomic E-state index is 13.2. The lowest BCUT2D eigenvalue weighted by Crippen LogP contribution is -2.33. The molecule has 5 rings (SSSR count). The highest BCUT2D eigenvalue weighted by atomic mass is 32.2. The topological polar surface area (TPSA) is 85.6 Å². The zero-order valence-electron chi connectivity index (χ0n) is 19.0. The third-order valence-electron chi connectivity index (χ3n) is 6.34. The number of nitrogens with zero attached hydrogens (tertiary/aromatic N) is 3. The van der Waals surface area contributed by atoms with Crippen LogP contribution in [-0.4, -0.2) is 40.4 Å². The van der Waals surface area contributed by atoms with E-state index in [9.17, 15) is 21.6 Å². The first-order valence-corrected chi connectivity index (χ1v) is 13.0. The molecule has 1 N–H and O–H groups in total. The molecule has 0 spiro atoms. The molecular formula is C25H23F3N4O3S. The molecule has 0 unspecified atom stereocenters. The lowest BCUT2D eigenvalue weighted by molar-refractivity contribution is -0.274. The predicted octanol–water partition coefficient (Wildman–Crippen LogP) is 5.49. The Morgan fingerprint density at radius 1 is 0.917 bits per heavy atom. The van der Waals surface area contributed by atoms with Crippen LogP contribution in [0.4, 0.5) is 19.0 Å². The van der Waals surface area contributed by atoms with Crippen LogP contribution in [0.25, 0.3) is 16.8 Å². The summed E-state index contributed by atoms with van der Waals surface area (Å²) in [6.07, 6.45) is 3.94. The van der Waals surface area contributed by atoms with E-state index in [2.05, 4.69) is 20.0 Å². The second kappa shape index (κ2) is 9.45. The molecule has 0 bridgehead atoms. The second-order valence-electron chi connectivity index (χ2n) is 8.72. The Labute approximate surface area is 205 Å². The summed E-state index contributed by atoms with van der Waals surface area (Å²) in [6, 6.07) is 13.4. The highest BCUT2D eigenvalue weighted by Crippen LogP contribution is 2.32. The van der Waals surface area contributed by atoms with Crippen molar-refractivity contribution >= 4 is 21.3 Å². The molecule has 0 radical (unpaired) electrons. The van der Waals surface area contributed by atoms with Gasteiger partial charge in [-0.3, -0.25) is 0 Å². The molecule has 3 heterocycles. The zero-order valence-corrected chi connectivity index (χ0v) is 19.8. The summed E-state index contributed by atoms with van der Waals surface area (Å²) < 4.78 is 69.1. The number of alkyl halides is 3. The standard InChI is InChI=1S/C25H23F3N4O3S/c26-25(27,28)35-20-6-11-23(30-15-20)31-19-4-9-22(10-5-19)36(33,34)21-7-1-17(2-8-21)18-3-12-24-29-13-14-32(24)16-18/h1-3,6-8,11-16,19,22H,4-5,9-10H2,(H,30,31). The number of imidazole rings is 1. The lowest BCUT2D eigenvalue weighted by atomic mass is 9.95. The van der Waals surface area contributed by atoms with Gasteiger partial charge >= 0.3 is 6.36 Å². The number of ether oxygens (including phenoxy) is 1. The van der Waals surface area contributed by atoms with Crippen molar-refractivity contribution in [3.8, 4) is 16.9 Å². The number of sulfone groups is 1. The van der Waals surface area contributed by atoms with Gasteiger partial charge < -0.3 is 14.5 Å². The van der Waals surface area contributed by atoms with Crippen molar-refractivity contribution in [2.75, 3.05) is 5.32 Å². The van der Waals surface area contributed by atoms with Crippen LogP contribution < -0.4 is 10.1 Å². The normalized spacial score (nSPS) is 18.8. The largest absolute Gasteiger partial charge is 0.573 e. The zero-order chi connectivity index (χ0) is 25.3. The fourth-order valence-electron chi connectivity index (χ4n) is 4.51. The van der Waals surface area contributed by atoms with Crippen LogP contribution in [0, 0.1) is 0 Å². The van der Waals surface area contributed by atoms with E-state index in [1.807, 2.05) is 41.1 Å². The second-order valence-corrected chi connectivity index (χ2v) is 11.0. The van der Waals surface area contributed by atoms with Gasteiger partial charge in [0.15, 0.2) is 9.84 Å². The summed E-state index contributed by atoms with van der Waals surface area (Å²) in [5.41, 5.74) is 2.71. The number of pyridine rings is 2. The van der Waals surface area contributed by atoms with Crippen LogP contribution >= 0.6 is 0 Å². The number of fused-ring (bicyclic) bond motifs is 1. The van der Waals surface area contributed by atoms with E-state index < -0.39 is 27.2 Å². The van der Waals surface area contributed by atoms with Gasteiger partial charge in [0.05, 0.1) is 16.3 Å². The number of nitrogens with one attached hydrogen (secondary N) is 1. The van der Waals surface area contributed by atoms with Gasteiger partial charge in [-0.05, 0) is 73.2 Å². The summed E-state index contributed by atoms with van der Waals surface area (Å²) in [5.74, 6) is 0.0245. The van der Waals surface area contributed by atoms with Crippen molar-refractivity contribution in [2.45, 2.75) is 48.2 Å². The molecule has 0 saturated heterocycles. The molecule has 1 fully saturated rings. The van der Waals surface area contributed by atoms with Crippen LogP contribution in [-0.2, 0) is 9.84 Å². The van der Waals surface area contributed by atoms with E-state index in [-0.39, 0.29) is 6.04 Å². The van der Waals surface area contributed by atoms with Crippen molar-refractivity contribution in [1.29, 1.82) is 0 Å². The number of anilines is 1. The molecule has 7 nitrogen and oxygen atoms in total. The van der Waals surface area contributed by atoms with Gasteiger partial charge in [0, 0.05) is 24.6 Å². The number of hydrogen-bond acceptors (Lipinski definition) is 6. The van der Waals surface area contributed by atoms with Gasteiger partial charge in [-0.25, -0.2) is 18.4 Å². The maximum Gasteiger partial charge on any atom is 0.573 e. The van der Waals surface area contributed by atoms with Gasteiger partial charge in [0.2, 0.25) is 0 Å². The van der Waals surface area contributed by atoms with Crippen LogP contribution in [0.3, 0.4) is 0 Å². The summed E-state index contributed by atoms with van der Waals surface area (Å²) >= 11 is 0. The smallest absolute Gasteiger partial charge is 0.404 e. The minimum absolute atomic E-state index is 0.0150. The molecular weight excluding hydrogens is 493 g/mol. The van der Waals surface area contributed by atoms with E-state index in [1.54, 1.807) is 18.3 Å². The first-order chi connectivity index (χ1) is 17.2. The number of halogens is 3. The Kier molecular flexibility index (Phi) is 6.33.